The zero-order chi connectivity index (χ0) is 20.8. The van der Waals surface area contributed by atoms with Crippen LogP contribution in [0.4, 0.5) is 5.82 Å². The summed E-state index contributed by atoms with van der Waals surface area (Å²) in [7, 11) is 1.33. The fourth-order valence-corrected chi connectivity index (χ4v) is 3.70. The van der Waals surface area contributed by atoms with Crippen LogP contribution in [0.5, 0.6) is 0 Å². The van der Waals surface area contributed by atoms with Crippen molar-refractivity contribution in [1.29, 1.82) is 10.5 Å². The molecule has 0 atom stereocenters. The molecule has 0 unspecified atom stereocenters. The molecule has 0 saturated heterocycles. The molecule has 0 aliphatic rings. The molecule has 2 heterocycles. The molecule has 2 aromatic heterocycles. The number of nitriles is 2. The number of aromatic nitrogens is 2. The van der Waals surface area contributed by atoms with E-state index in [9.17, 15) is 15.3 Å². The lowest BCUT2D eigenvalue weighted by Crippen LogP contribution is -2.04. The first-order chi connectivity index (χ1) is 14.1. The van der Waals surface area contributed by atoms with Gasteiger partial charge in [-0.1, -0.05) is 18.2 Å². The Balaban J connectivity index is 2.01. The van der Waals surface area contributed by atoms with Crippen LogP contribution >= 0.6 is 11.8 Å². The first-order valence-electron chi connectivity index (χ1n) is 8.43. The second-order valence-corrected chi connectivity index (χ2v) is 6.84. The van der Waals surface area contributed by atoms with Crippen LogP contribution in [0.15, 0.2) is 53.8 Å². The van der Waals surface area contributed by atoms with E-state index in [1.54, 1.807) is 42.7 Å². The second kappa shape index (κ2) is 8.87. The number of carbonyl (C=O) groups excluding carboxylic acids is 1. The van der Waals surface area contributed by atoms with Crippen LogP contribution in [-0.4, -0.2) is 23.0 Å². The first kappa shape index (κ1) is 19.9. The zero-order valence-electron chi connectivity index (χ0n) is 15.4. The molecule has 0 amide bonds. The van der Waals surface area contributed by atoms with Gasteiger partial charge in [0.25, 0.3) is 0 Å². The zero-order valence-corrected chi connectivity index (χ0v) is 16.2. The summed E-state index contributed by atoms with van der Waals surface area (Å²) in [6.45, 7) is 0. The maximum atomic E-state index is 11.7. The molecule has 1 aromatic carbocycles. The van der Waals surface area contributed by atoms with Gasteiger partial charge in [0, 0.05) is 29.3 Å². The van der Waals surface area contributed by atoms with Crippen molar-refractivity contribution in [1.82, 2.24) is 9.97 Å². The Bertz CT molecular complexity index is 1150. The lowest BCUT2D eigenvalue weighted by molar-refractivity contribution is 0.0600. The largest absolute Gasteiger partial charge is 0.465 e. The fraction of sp³-hybridized carbons (Fsp3) is 0.0952. The molecule has 0 aliphatic heterocycles. The molecule has 7 nitrogen and oxygen atoms in total. The Morgan fingerprint density at radius 2 is 2.00 bits per heavy atom. The third-order valence-electron chi connectivity index (χ3n) is 4.09. The van der Waals surface area contributed by atoms with Gasteiger partial charge < -0.3 is 10.5 Å². The summed E-state index contributed by atoms with van der Waals surface area (Å²) in [6, 6.07) is 14.7. The van der Waals surface area contributed by atoms with Crippen molar-refractivity contribution in [2.24, 2.45) is 0 Å². The number of thioether (sulfide) groups is 1. The van der Waals surface area contributed by atoms with E-state index < -0.39 is 5.97 Å². The van der Waals surface area contributed by atoms with Gasteiger partial charge in [-0.3, -0.25) is 4.98 Å². The van der Waals surface area contributed by atoms with Crippen molar-refractivity contribution in [3.05, 3.63) is 71.0 Å². The molecule has 0 aliphatic carbocycles. The SMILES string of the molecule is COC(=O)c1cccc(CSc2nc(N)c(C#N)c(-c3cccnc3)c2C#N)c1. The number of carbonyl (C=O) groups is 1. The van der Waals surface area contributed by atoms with E-state index in [1.807, 2.05) is 12.1 Å². The molecule has 0 fully saturated rings. The second-order valence-electron chi connectivity index (χ2n) is 5.87. The monoisotopic (exact) mass is 401 g/mol. The maximum absolute atomic E-state index is 11.7. The fourth-order valence-electron chi connectivity index (χ4n) is 2.76. The Kier molecular flexibility index (Phi) is 6.08. The molecule has 2 N–H and O–H groups in total. The molecular formula is C21H15N5O2S. The van der Waals surface area contributed by atoms with Crippen molar-refractivity contribution in [3.63, 3.8) is 0 Å². The molecule has 3 aromatic rings. The highest BCUT2D eigenvalue weighted by Crippen LogP contribution is 2.36. The van der Waals surface area contributed by atoms with E-state index in [-0.39, 0.29) is 16.9 Å². The van der Waals surface area contributed by atoms with Crippen molar-refractivity contribution >= 4 is 23.5 Å². The molecule has 0 radical (unpaired) electrons. The predicted octanol–water partition coefficient (Wildman–Crippen LogP) is 3.55. The molecule has 0 saturated carbocycles. The van der Waals surface area contributed by atoms with Crippen LogP contribution in [0.3, 0.4) is 0 Å². The van der Waals surface area contributed by atoms with Gasteiger partial charge in [-0.25, -0.2) is 9.78 Å². The molecule has 29 heavy (non-hydrogen) atoms. The van der Waals surface area contributed by atoms with E-state index in [2.05, 4.69) is 16.0 Å². The number of anilines is 1. The number of methoxy groups -OCH3 is 1. The highest BCUT2D eigenvalue weighted by atomic mass is 32.2. The van der Waals surface area contributed by atoms with Gasteiger partial charge in [-0.15, -0.1) is 11.8 Å². The molecular weight excluding hydrogens is 386 g/mol. The quantitative estimate of drug-likeness (QED) is 0.508. The molecule has 0 spiro atoms. The van der Waals surface area contributed by atoms with Crippen LogP contribution in [-0.2, 0) is 10.5 Å². The summed E-state index contributed by atoms with van der Waals surface area (Å²) in [5, 5.41) is 19.7. The van der Waals surface area contributed by atoms with Gasteiger partial charge in [0.05, 0.1) is 18.2 Å². The van der Waals surface area contributed by atoms with E-state index in [4.69, 9.17) is 10.5 Å². The minimum absolute atomic E-state index is 0.0520. The van der Waals surface area contributed by atoms with E-state index >= 15 is 0 Å². The first-order valence-corrected chi connectivity index (χ1v) is 9.41. The highest BCUT2D eigenvalue weighted by molar-refractivity contribution is 7.98. The van der Waals surface area contributed by atoms with Crippen LogP contribution in [0.1, 0.15) is 27.0 Å². The Labute approximate surface area is 171 Å². The summed E-state index contributed by atoms with van der Waals surface area (Å²) in [4.78, 5) is 20.1. The number of pyridine rings is 2. The van der Waals surface area contributed by atoms with Crippen LogP contribution in [0, 0.1) is 22.7 Å². The third-order valence-corrected chi connectivity index (χ3v) is 5.14. The molecule has 0 bridgehead atoms. The smallest absolute Gasteiger partial charge is 0.337 e. The number of ether oxygens (including phenoxy) is 1. The summed E-state index contributed by atoms with van der Waals surface area (Å²) in [5.41, 5.74) is 8.74. The summed E-state index contributed by atoms with van der Waals surface area (Å²) >= 11 is 1.30. The number of benzene rings is 1. The topological polar surface area (TPSA) is 126 Å². The van der Waals surface area contributed by atoms with Gasteiger partial charge in [-0.05, 0) is 23.8 Å². The van der Waals surface area contributed by atoms with Gasteiger partial charge in [-0.2, -0.15) is 10.5 Å². The number of nitrogens with two attached hydrogens (primary N) is 1. The lowest BCUT2D eigenvalue weighted by Gasteiger charge is -2.13. The number of hydrogen-bond donors (Lipinski definition) is 1. The average molecular weight is 401 g/mol. The van der Waals surface area contributed by atoms with E-state index in [0.29, 0.717) is 27.5 Å². The Morgan fingerprint density at radius 1 is 1.21 bits per heavy atom. The van der Waals surface area contributed by atoms with Crippen molar-refractivity contribution < 1.29 is 9.53 Å². The minimum Gasteiger partial charge on any atom is -0.465 e. The Morgan fingerprint density at radius 3 is 2.66 bits per heavy atom. The van der Waals surface area contributed by atoms with Crippen molar-refractivity contribution in [2.45, 2.75) is 10.8 Å². The van der Waals surface area contributed by atoms with E-state index in [1.165, 1.54) is 18.9 Å². The summed E-state index contributed by atoms with van der Waals surface area (Å²) < 4.78 is 4.74. The number of nitrogen functional groups attached to an aromatic ring is 1. The maximum Gasteiger partial charge on any atom is 0.337 e. The van der Waals surface area contributed by atoms with Gasteiger partial charge in [0.1, 0.15) is 28.5 Å². The van der Waals surface area contributed by atoms with E-state index in [0.717, 1.165) is 5.56 Å². The van der Waals surface area contributed by atoms with Crippen molar-refractivity contribution in [3.8, 4) is 23.3 Å². The van der Waals surface area contributed by atoms with Crippen LogP contribution in [0.25, 0.3) is 11.1 Å². The number of nitrogens with zero attached hydrogens (tertiary/aromatic N) is 4. The number of esters is 1. The number of hydrogen-bond acceptors (Lipinski definition) is 8. The molecule has 8 heteroatoms. The van der Waals surface area contributed by atoms with Gasteiger partial charge in [0.15, 0.2) is 0 Å². The molecule has 3 rings (SSSR count). The van der Waals surface area contributed by atoms with Gasteiger partial charge >= 0.3 is 5.97 Å². The number of rotatable bonds is 5. The van der Waals surface area contributed by atoms with Crippen LogP contribution < -0.4 is 5.73 Å². The summed E-state index contributed by atoms with van der Waals surface area (Å²) in [6.07, 6.45) is 3.18. The average Bonchev–Trinajstić information content (AvgIpc) is 2.77. The third kappa shape index (κ3) is 4.18. The van der Waals surface area contributed by atoms with Crippen LogP contribution in [0.2, 0.25) is 0 Å². The lowest BCUT2D eigenvalue weighted by atomic mass is 9.98. The van der Waals surface area contributed by atoms with Gasteiger partial charge in [0.2, 0.25) is 0 Å². The molecule has 142 valence electrons. The minimum atomic E-state index is -0.422. The van der Waals surface area contributed by atoms with Crippen molar-refractivity contribution in [2.75, 3.05) is 12.8 Å². The standard InChI is InChI=1S/C21H15N5O2S/c1-28-21(27)14-5-2-4-13(8-14)12-29-20-17(10-23)18(15-6-3-7-25-11-15)16(9-22)19(24)26-20/h2-8,11H,12H2,1H3,(H2,24,26). The highest BCUT2D eigenvalue weighted by Gasteiger charge is 2.20. The summed E-state index contributed by atoms with van der Waals surface area (Å²) in [5.74, 6) is 0.0787. The predicted molar refractivity (Wildman–Crippen MR) is 109 cm³/mol. The normalized spacial score (nSPS) is 10.0. The Hall–Kier alpha value is -3.88.